The van der Waals surface area contributed by atoms with Gasteiger partial charge in [0.05, 0.1) is 25.5 Å². The van der Waals surface area contributed by atoms with E-state index in [0.29, 0.717) is 30.1 Å². The van der Waals surface area contributed by atoms with Crippen LogP contribution in [0.25, 0.3) is 0 Å². The zero-order valence-corrected chi connectivity index (χ0v) is 16.3. The third kappa shape index (κ3) is 5.51. The Morgan fingerprint density at radius 3 is 2.59 bits per heavy atom. The minimum absolute atomic E-state index is 0.193. The monoisotopic (exact) mass is 373 g/mol. The summed E-state index contributed by atoms with van der Waals surface area (Å²) >= 11 is 0. The highest BCUT2D eigenvalue weighted by Gasteiger charge is 2.18. The Balaban J connectivity index is 2.18. The minimum Gasteiger partial charge on any atom is -0.496 e. The molecule has 2 aromatic rings. The van der Waals surface area contributed by atoms with Gasteiger partial charge in [-0.25, -0.2) is 4.79 Å². The SMILES string of the molecule is CCCCN(Cc1ccco1)C(=O)Nc1ccc(OC)c(C(=O)N(C)C)c1. The highest BCUT2D eigenvalue weighted by Crippen LogP contribution is 2.24. The highest BCUT2D eigenvalue weighted by atomic mass is 16.5. The molecule has 0 spiro atoms. The average Bonchev–Trinajstić information content (AvgIpc) is 3.17. The molecule has 3 amide bonds. The number of carbonyl (C=O) groups excluding carboxylic acids is 2. The lowest BCUT2D eigenvalue weighted by Crippen LogP contribution is -2.35. The maximum Gasteiger partial charge on any atom is 0.322 e. The van der Waals surface area contributed by atoms with Crippen LogP contribution in [0.2, 0.25) is 0 Å². The summed E-state index contributed by atoms with van der Waals surface area (Å²) < 4.78 is 10.6. The number of rotatable bonds is 8. The number of amides is 3. The molecule has 0 aliphatic heterocycles. The van der Waals surface area contributed by atoms with E-state index in [4.69, 9.17) is 9.15 Å². The molecule has 2 rings (SSSR count). The van der Waals surface area contributed by atoms with Crippen molar-refractivity contribution >= 4 is 17.6 Å². The number of nitrogens with one attached hydrogen (secondary N) is 1. The Morgan fingerprint density at radius 2 is 2.00 bits per heavy atom. The van der Waals surface area contributed by atoms with Gasteiger partial charge in [-0.2, -0.15) is 0 Å². The zero-order valence-electron chi connectivity index (χ0n) is 16.3. The number of furan rings is 1. The zero-order chi connectivity index (χ0) is 19.8. The fourth-order valence-electron chi connectivity index (χ4n) is 2.59. The molecule has 0 radical (unpaired) electrons. The second-order valence-electron chi connectivity index (χ2n) is 6.40. The molecule has 146 valence electrons. The molecular weight excluding hydrogens is 346 g/mol. The van der Waals surface area contributed by atoms with Crippen molar-refractivity contribution in [2.45, 2.75) is 26.3 Å². The standard InChI is InChI=1S/C20H27N3O4/c1-5-6-11-23(14-16-8-7-12-27-16)20(25)21-15-9-10-18(26-4)17(13-15)19(24)22(2)3/h7-10,12-13H,5-6,11,14H2,1-4H3,(H,21,25). The topological polar surface area (TPSA) is 75.0 Å². The van der Waals surface area contributed by atoms with Crippen LogP contribution in [-0.2, 0) is 6.54 Å². The molecule has 1 N–H and O–H groups in total. The van der Waals surface area contributed by atoms with Crippen molar-refractivity contribution in [2.75, 3.05) is 33.1 Å². The van der Waals surface area contributed by atoms with Gasteiger partial charge in [-0.05, 0) is 36.8 Å². The van der Waals surface area contributed by atoms with E-state index in [1.165, 1.54) is 12.0 Å². The van der Waals surface area contributed by atoms with Crippen molar-refractivity contribution < 1.29 is 18.7 Å². The maximum atomic E-state index is 12.8. The summed E-state index contributed by atoms with van der Waals surface area (Å²) in [5, 5.41) is 2.87. The van der Waals surface area contributed by atoms with Gasteiger partial charge in [0.2, 0.25) is 0 Å². The van der Waals surface area contributed by atoms with Crippen LogP contribution < -0.4 is 10.1 Å². The molecule has 0 unspecified atom stereocenters. The van der Waals surface area contributed by atoms with Crippen molar-refractivity contribution in [3.05, 3.63) is 47.9 Å². The molecule has 0 aliphatic rings. The molecule has 7 heteroatoms. The van der Waals surface area contributed by atoms with Crippen LogP contribution >= 0.6 is 0 Å². The van der Waals surface area contributed by atoms with Crippen LogP contribution in [0.5, 0.6) is 5.75 Å². The number of carbonyl (C=O) groups is 2. The summed E-state index contributed by atoms with van der Waals surface area (Å²) in [5.74, 6) is 0.992. The fourth-order valence-corrected chi connectivity index (χ4v) is 2.59. The van der Waals surface area contributed by atoms with Crippen molar-refractivity contribution in [2.24, 2.45) is 0 Å². The van der Waals surface area contributed by atoms with Gasteiger partial charge in [-0.15, -0.1) is 0 Å². The first-order chi connectivity index (χ1) is 13.0. The molecule has 7 nitrogen and oxygen atoms in total. The van der Waals surface area contributed by atoms with E-state index in [1.54, 1.807) is 49.5 Å². The number of benzene rings is 1. The Labute approximate surface area is 159 Å². The van der Waals surface area contributed by atoms with Gasteiger partial charge in [0.15, 0.2) is 0 Å². The Kier molecular flexibility index (Phi) is 7.28. The van der Waals surface area contributed by atoms with Crippen LogP contribution in [-0.4, -0.2) is 49.5 Å². The number of ether oxygens (including phenoxy) is 1. The van der Waals surface area contributed by atoms with Crippen molar-refractivity contribution in [3.8, 4) is 5.75 Å². The minimum atomic E-state index is -0.242. The van der Waals surface area contributed by atoms with Gasteiger partial charge in [0.25, 0.3) is 5.91 Å². The molecule has 1 heterocycles. The van der Waals surface area contributed by atoms with Gasteiger partial charge < -0.3 is 24.3 Å². The predicted molar refractivity (Wildman–Crippen MR) is 104 cm³/mol. The third-order valence-electron chi connectivity index (χ3n) is 4.08. The van der Waals surface area contributed by atoms with Gasteiger partial charge in [0.1, 0.15) is 11.5 Å². The van der Waals surface area contributed by atoms with E-state index in [-0.39, 0.29) is 11.9 Å². The summed E-state index contributed by atoms with van der Waals surface area (Å²) in [4.78, 5) is 28.3. The van der Waals surface area contributed by atoms with Crippen LogP contribution in [0, 0.1) is 0 Å². The number of anilines is 1. The van der Waals surface area contributed by atoms with Gasteiger partial charge in [-0.1, -0.05) is 13.3 Å². The van der Waals surface area contributed by atoms with Gasteiger partial charge in [0, 0.05) is 26.3 Å². The first-order valence-corrected chi connectivity index (χ1v) is 8.94. The summed E-state index contributed by atoms with van der Waals surface area (Å²) in [7, 11) is 4.85. The molecule has 0 fully saturated rings. The molecule has 0 bridgehead atoms. The summed E-state index contributed by atoms with van der Waals surface area (Å²) in [6, 6.07) is 8.42. The third-order valence-corrected chi connectivity index (χ3v) is 4.08. The van der Waals surface area contributed by atoms with Crippen LogP contribution in [0.4, 0.5) is 10.5 Å². The number of urea groups is 1. The maximum absolute atomic E-state index is 12.8. The summed E-state index contributed by atoms with van der Waals surface area (Å²) in [6.07, 6.45) is 3.46. The lowest BCUT2D eigenvalue weighted by atomic mass is 10.1. The van der Waals surface area contributed by atoms with Gasteiger partial charge in [-0.3, -0.25) is 4.79 Å². The fraction of sp³-hybridized carbons (Fsp3) is 0.400. The Hall–Kier alpha value is -2.96. The molecule has 0 saturated heterocycles. The largest absolute Gasteiger partial charge is 0.496 e. The van der Waals surface area contributed by atoms with E-state index in [1.807, 2.05) is 6.07 Å². The molecule has 1 aromatic carbocycles. The lowest BCUT2D eigenvalue weighted by molar-refractivity contribution is 0.0824. The number of unbranched alkanes of at least 4 members (excludes halogenated alkanes) is 1. The first kappa shape index (κ1) is 20.4. The molecule has 0 atom stereocenters. The predicted octanol–water partition coefficient (Wildman–Crippen LogP) is 3.82. The van der Waals surface area contributed by atoms with Crippen LogP contribution in [0.3, 0.4) is 0 Å². The van der Waals surface area contributed by atoms with Gasteiger partial charge >= 0.3 is 6.03 Å². The van der Waals surface area contributed by atoms with E-state index in [2.05, 4.69) is 12.2 Å². The lowest BCUT2D eigenvalue weighted by Gasteiger charge is -2.22. The summed E-state index contributed by atoms with van der Waals surface area (Å²) in [6.45, 7) is 3.08. The average molecular weight is 373 g/mol. The second kappa shape index (κ2) is 9.66. The van der Waals surface area contributed by atoms with Crippen molar-refractivity contribution in [3.63, 3.8) is 0 Å². The quantitative estimate of drug-likeness (QED) is 0.763. The van der Waals surface area contributed by atoms with Crippen LogP contribution in [0.15, 0.2) is 41.0 Å². The molecule has 1 aromatic heterocycles. The number of methoxy groups -OCH3 is 1. The number of hydrogen-bond acceptors (Lipinski definition) is 4. The van der Waals surface area contributed by atoms with E-state index >= 15 is 0 Å². The molecule has 27 heavy (non-hydrogen) atoms. The molecular formula is C20H27N3O4. The molecule has 0 saturated carbocycles. The Morgan fingerprint density at radius 1 is 1.22 bits per heavy atom. The van der Waals surface area contributed by atoms with E-state index in [9.17, 15) is 9.59 Å². The van der Waals surface area contributed by atoms with Crippen molar-refractivity contribution in [1.82, 2.24) is 9.80 Å². The number of hydrogen-bond donors (Lipinski definition) is 1. The first-order valence-electron chi connectivity index (χ1n) is 8.94. The Bertz CT molecular complexity index is 757. The van der Waals surface area contributed by atoms with Crippen molar-refractivity contribution in [1.29, 1.82) is 0 Å². The summed E-state index contributed by atoms with van der Waals surface area (Å²) in [5.41, 5.74) is 0.929. The second-order valence-corrected chi connectivity index (χ2v) is 6.40. The smallest absolute Gasteiger partial charge is 0.322 e. The normalized spacial score (nSPS) is 10.4. The highest BCUT2D eigenvalue weighted by molar-refractivity contribution is 5.99. The number of nitrogens with zero attached hydrogens (tertiary/aromatic N) is 2. The van der Waals surface area contributed by atoms with E-state index in [0.717, 1.165) is 18.6 Å². The van der Waals surface area contributed by atoms with Crippen LogP contribution in [0.1, 0.15) is 35.9 Å². The van der Waals surface area contributed by atoms with E-state index < -0.39 is 0 Å². The molecule has 0 aliphatic carbocycles.